The van der Waals surface area contributed by atoms with Crippen molar-refractivity contribution in [2.45, 2.75) is 20.0 Å². The average Bonchev–Trinajstić information content (AvgIpc) is 2.75. The third-order valence-electron chi connectivity index (χ3n) is 2.51. The number of nitrogens with zero attached hydrogens (tertiary/aromatic N) is 2. The van der Waals surface area contributed by atoms with E-state index in [-0.39, 0.29) is 0 Å². The molecular formula is C12H13Cl2N3. The van der Waals surface area contributed by atoms with Gasteiger partial charge in [-0.05, 0) is 25.1 Å². The molecule has 0 saturated carbocycles. The van der Waals surface area contributed by atoms with Gasteiger partial charge in [-0.2, -0.15) is 0 Å². The van der Waals surface area contributed by atoms with Crippen molar-refractivity contribution in [2.75, 3.05) is 5.32 Å². The summed E-state index contributed by atoms with van der Waals surface area (Å²) in [4.78, 5) is 4.28. The maximum atomic E-state index is 6.07. The van der Waals surface area contributed by atoms with E-state index in [4.69, 9.17) is 23.2 Å². The summed E-state index contributed by atoms with van der Waals surface area (Å²) in [5.41, 5.74) is 0.863. The lowest BCUT2D eigenvalue weighted by Gasteiger charge is -2.09. The highest BCUT2D eigenvalue weighted by Crippen LogP contribution is 2.25. The molecule has 1 heterocycles. The highest BCUT2D eigenvalue weighted by molar-refractivity contribution is 6.36. The van der Waals surface area contributed by atoms with Gasteiger partial charge in [0.1, 0.15) is 5.82 Å². The third-order valence-corrected chi connectivity index (χ3v) is 3.06. The fraction of sp³-hybridized carbons (Fsp3) is 0.250. The summed E-state index contributed by atoms with van der Waals surface area (Å²) in [6.45, 7) is 3.63. The number of nitrogens with one attached hydrogen (secondary N) is 1. The van der Waals surface area contributed by atoms with E-state index in [2.05, 4.69) is 21.8 Å². The first-order valence-electron chi connectivity index (χ1n) is 5.39. The molecule has 90 valence electrons. The molecule has 1 aromatic heterocycles. The van der Waals surface area contributed by atoms with Crippen LogP contribution in [0.15, 0.2) is 30.6 Å². The van der Waals surface area contributed by atoms with Gasteiger partial charge in [0.15, 0.2) is 0 Å². The fourth-order valence-electron chi connectivity index (χ4n) is 1.60. The van der Waals surface area contributed by atoms with Crippen LogP contribution in [0.1, 0.15) is 12.7 Å². The minimum atomic E-state index is 0.618. The van der Waals surface area contributed by atoms with Crippen molar-refractivity contribution in [2.24, 2.45) is 0 Å². The van der Waals surface area contributed by atoms with E-state index in [9.17, 15) is 0 Å². The van der Waals surface area contributed by atoms with Gasteiger partial charge in [0, 0.05) is 24.0 Å². The Morgan fingerprint density at radius 3 is 2.88 bits per heavy atom. The molecule has 5 heteroatoms. The second-order valence-electron chi connectivity index (χ2n) is 3.61. The number of benzene rings is 1. The number of aryl methyl sites for hydroxylation is 1. The third kappa shape index (κ3) is 2.93. The molecule has 0 aliphatic carbocycles. The second-order valence-corrected chi connectivity index (χ2v) is 4.45. The van der Waals surface area contributed by atoms with E-state index in [0.717, 1.165) is 18.1 Å². The number of anilines is 1. The topological polar surface area (TPSA) is 29.9 Å². The number of halogens is 2. The van der Waals surface area contributed by atoms with Gasteiger partial charge in [0.2, 0.25) is 0 Å². The van der Waals surface area contributed by atoms with Crippen LogP contribution in [0.5, 0.6) is 0 Å². The predicted octanol–water partition coefficient (Wildman–Crippen LogP) is 3.82. The lowest BCUT2D eigenvalue weighted by Crippen LogP contribution is -2.07. The van der Waals surface area contributed by atoms with Crippen LogP contribution in [0, 0.1) is 0 Å². The van der Waals surface area contributed by atoms with Gasteiger partial charge in [-0.1, -0.05) is 23.2 Å². The summed E-state index contributed by atoms with van der Waals surface area (Å²) in [7, 11) is 0. The zero-order valence-corrected chi connectivity index (χ0v) is 11.0. The van der Waals surface area contributed by atoms with Crippen LogP contribution < -0.4 is 5.32 Å². The first kappa shape index (κ1) is 12.3. The number of aromatic nitrogens is 2. The van der Waals surface area contributed by atoms with Crippen LogP contribution in [-0.2, 0) is 13.1 Å². The van der Waals surface area contributed by atoms with Crippen LogP contribution in [0.2, 0.25) is 10.0 Å². The monoisotopic (exact) mass is 269 g/mol. The van der Waals surface area contributed by atoms with Gasteiger partial charge in [-0.3, -0.25) is 0 Å². The van der Waals surface area contributed by atoms with Crippen molar-refractivity contribution < 1.29 is 0 Å². The summed E-state index contributed by atoms with van der Waals surface area (Å²) in [5.74, 6) is 0.985. The maximum absolute atomic E-state index is 6.07. The Morgan fingerprint density at radius 2 is 2.18 bits per heavy atom. The molecule has 2 rings (SSSR count). The van der Waals surface area contributed by atoms with E-state index in [1.807, 2.05) is 18.3 Å². The highest BCUT2D eigenvalue weighted by atomic mass is 35.5. The van der Waals surface area contributed by atoms with Crippen molar-refractivity contribution in [3.8, 4) is 0 Å². The van der Waals surface area contributed by atoms with Crippen LogP contribution >= 0.6 is 23.2 Å². The van der Waals surface area contributed by atoms with Crippen LogP contribution in [0.3, 0.4) is 0 Å². The highest BCUT2D eigenvalue weighted by Gasteiger charge is 2.03. The van der Waals surface area contributed by atoms with Crippen LogP contribution in [0.25, 0.3) is 0 Å². The zero-order chi connectivity index (χ0) is 12.3. The molecule has 0 fully saturated rings. The van der Waals surface area contributed by atoms with E-state index in [1.54, 1.807) is 12.3 Å². The molecule has 2 aromatic rings. The van der Waals surface area contributed by atoms with Crippen molar-refractivity contribution in [1.29, 1.82) is 0 Å². The summed E-state index contributed by atoms with van der Waals surface area (Å²) in [6, 6.07) is 5.39. The molecule has 0 aliphatic heterocycles. The van der Waals surface area contributed by atoms with Gasteiger partial charge in [-0.15, -0.1) is 0 Å². The Kier molecular flexibility index (Phi) is 3.92. The zero-order valence-electron chi connectivity index (χ0n) is 9.45. The van der Waals surface area contributed by atoms with E-state index in [0.29, 0.717) is 16.6 Å². The number of hydrogen-bond donors (Lipinski definition) is 1. The van der Waals surface area contributed by atoms with Crippen molar-refractivity contribution in [3.05, 3.63) is 46.5 Å². The predicted molar refractivity (Wildman–Crippen MR) is 71.7 cm³/mol. The molecule has 0 bridgehead atoms. The summed E-state index contributed by atoms with van der Waals surface area (Å²) in [5, 5.41) is 4.50. The van der Waals surface area contributed by atoms with Gasteiger partial charge in [0.25, 0.3) is 0 Å². The fourth-order valence-corrected chi connectivity index (χ4v) is 2.08. The Morgan fingerprint density at radius 1 is 1.35 bits per heavy atom. The number of hydrogen-bond acceptors (Lipinski definition) is 2. The Hall–Kier alpha value is -1.19. The smallest absolute Gasteiger partial charge is 0.128 e. The molecule has 0 radical (unpaired) electrons. The number of imidazole rings is 1. The normalized spacial score (nSPS) is 10.5. The quantitative estimate of drug-likeness (QED) is 0.915. The summed E-state index contributed by atoms with van der Waals surface area (Å²) >= 11 is 11.9. The lowest BCUT2D eigenvalue weighted by molar-refractivity contribution is 0.708. The Labute approximate surface area is 110 Å². The minimum absolute atomic E-state index is 0.618. The van der Waals surface area contributed by atoms with Crippen molar-refractivity contribution in [3.63, 3.8) is 0 Å². The van der Waals surface area contributed by atoms with E-state index >= 15 is 0 Å². The molecule has 0 amide bonds. The molecule has 0 spiro atoms. The molecule has 0 aliphatic rings. The molecule has 17 heavy (non-hydrogen) atoms. The number of rotatable bonds is 4. The van der Waals surface area contributed by atoms with Gasteiger partial charge in [-0.25, -0.2) is 4.98 Å². The van der Waals surface area contributed by atoms with Gasteiger partial charge >= 0.3 is 0 Å². The summed E-state index contributed by atoms with van der Waals surface area (Å²) in [6.07, 6.45) is 3.75. The molecule has 0 saturated heterocycles. The Bertz CT molecular complexity index is 508. The first-order valence-corrected chi connectivity index (χ1v) is 6.15. The minimum Gasteiger partial charge on any atom is -0.377 e. The molecule has 3 nitrogen and oxygen atoms in total. The van der Waals surface area contributed by atoms with Crippen LogP contribution in [-0.4, -0.2) is 9.55 Å². The average molecular weight is 270 g/mol. The van der Waals surface area contributed by atoms with Crippen LogP contribution in [0.4, 0.5) is 5.69 Å². The standard InChI is InChI=1S/C12H13Cl2N3/c1-2-17-6-5-15-12(17)8-16-11-4-3-9(13)7-10(11)14/h3-7,16H,2,8H2,1H3. The largest absolute Gasteiger partial charge is 0.377 e. The van der Waals surface area contributed by atoms with Crippen molar-refractivity contribution >= 4 is 28.9 Å². The molecule has 0 atom stereocenters. The summed E-state index contributed by atoms with van der Waals surface area (Å²) < 4.78 is 2.08. The molecular weight excluding hydrogens is 257 g/mol. The van der Waals surface area contributed by atoms with E-state index in [1.165, 1.54) is 0 Å². The van der Waals surface area contributed by atoms with Crippen molar-refractivity contribution in [1.82, 2.24) is 9.55 Å². The molecule has 0 unspecified atom stereocenters. The van der Waals surface area contributed by atoms with E-state index < -0.39 is 0 Å². The van der Waals surface area contributed by atoms with Gasteiger partial charge < -0.3 is 9.88 Å². The molecule has 1 aromatic carbocycles. The maximum Gasteiger partial charge on any atom is 0.128 e. The SMILES string of the molecule is CCn1ccnc1CNc1ccc(Cl)cc1Cl. The molecule has 1 N–H and O–H groups in total. The van der Waals surface area contributed by atoms with Gasteiger partial charge in [0.05, 0.1) is 17.3 Å². The first-order chi connectivity index (χ1) is 8.20. The Balaban J connectivity index is 2.07. The second kappa shape index (κ2) is 5.43. The lowest BCUT2D eigenvalue weighted by atomic mass is 10.3.